The summed E-state index contributed by atoms with van der Waals surface area (Å²) in [7, 11) is 0. The number of fused-ring (bicyclic) bond motifs is 4. The second-order valence-electron chi connectivity index (χ2n) is 11.3. The van der Waals surface area contributed by atoms with Crippen LogP contribution >= 0.6 is 0 Å². The Hall–Kier alpha value is -2.98. The van der Waals surface area contributed by atoms with E-state index in [0.717, 1.165) is 67.8 Å². The maximum Gasteiger partial charge on any atom is 0.151 e. The number of nitrogens with zero attached hydrogens (tertiary/aromatic N) is 2. The predicted octanol–water partition coefficient (Wildman–Crippen LogP) is 6.52. The number of aliphatic hydroxyl groups excluding tert-OH is 1. The van der Waals surface area contributed by atoms with Crippen LogP contribution in [0.3, 0.4) is 0 Å². The van der Waals surface area contributed by atoms with Gasteiger partial charge in [0.1, 0.15) is 0 Å². The zero-order chi connectivity index (χ0) is 24.2. The van der Waals surface area contributed by atoms with Crippen molar-refractivity contribution in [2.45, 2.75) is 77.2 Å². The van der Waals surface area contributed by atoms with Crippen LogP contribution < -0.4 is 5.32 Å². The molecule has 1 saturated carbocycles. The molecule has 0 aliphatic heterocycles. The summed E-state index contributed by atoms with van der Waals surface area (Å²) in [5.74, 6) is 0.821. The summed E-state index contributed by atoms with van der Waals surface area (Å²) < 4.78 is 0. The zero-order valence-electron chi connectivity index (χ0n) is 21.1. The third-order valence-corrected chi connectivity index (χ3v) is 8.84. The molecule has 3 atom stereocenters. The number of aliphatic hydroxyl groups is 1. The van der Waals surface area contributed by atoms with Crippen LogP contribution in [-0.4, -0.2) is 21.2 Å². The molecule has 1 heterocycles. The lowest BCUT2D eigenvalue weighted by Gasteiger charge is -2.50. The smallest absolute Gasteiger partial charge is 0.151 e. The molecule has 3 aromatic rings. The van der Waals surface area contributed by atoms with Gasteiger partial charge in [0, 0.05) is 11.1 Å². The van der Waals surface area contributed by atoms with Crippen molar-refractivity contribution in [1.29, 1.82) is 0 Å². The van der Waals surface area contributed by atoms with Gasteiger partial charge in [-0.3, -0.25) is 4.98 Å². The molecule has 1 fully saturated rings. The first-order valence-electron chi connectivity index (χ1n) is 13.0. The molecule has 6 rings (SSSR count). The maximum atomic E-state index is 10.6. The third-order valence-electron chi connectivity index (χ3n) is 8.84. The van der Waals surface area contributed by atoms with Crippen molar-refractivity contribution in [2.24, 2.45) is 5.41 Å². The molecular weight excluding hydrogens is 430 g/mol. The van der Waals surface area contributed by atoms with Gasteiger partial charge in [-0.2, -0.15) is 0 Å². The first-order chi connectivity index (χ1) is 16.9. The van der Waals surface area contributed by atoms with Crippen LogP contribution in [0, 0.1) is 19.3 Å². The van der Waals surface area contributed by atoms with Crippen molar-refractivity contribution in [1.82, 2.24) is 9.97 Å². The summed E-state index contributed by atoms with van der Waals surface area (Å²) in [5.41, 5.74) is 10.6. The number of anilines is 2. The number of nitrogens with one attached hydrogen (secondary N) is 1. The molecule has 35 heavy (non-hydrogen) atoms. The first kappa shape index (κ1) is 22.5. The fourth-order valence-corrected chi connectivity index (χ4v) is 7.25. The highest BCUT2D eigenvalue weighted by Crippen LogP contribution is 2.60. The number of aromatic nitrogens is 2. The van der Waals surface area contributed by atoms with Gasteiger partial charge in [-0.1, -0.05) is 54.5 Å². The second-order valence-corrected chi connectivity index (χ2v) is 11.3. The molecule has 4 heteroatoms. The van der Waals surface area contributed by atoms with E-state index < -0.39 is 0 Å². The minimum Gasteiger partial charge on any atom is -0.393 e. The monoisotopic (exact) mass is 465 g/mol. The molecule has 0 radical (unpaired) electrons. The quantitative estimate of drug-likeness (QED) is 0.431. The summed E-state index contributed by atoms with van der Waals surface area (Å²) in [6.45, 7) is 6.37. The van der Waals surface area contributed by atoms with Crippen molar-refractivity contribution in [3.05, 3.63) is 94.0 Å². The van der Waals surface area contributed by atoms with Gasteiger partial charge >= 0.3 is 0 Å². The lowest BCUT2D eigenvalue weighted by Crippen LogP contribution is -2.42. The van der Waals surface area contributed by atoms with Gasteiger partial charge in [0.15, 0.2) is 5.82 Å². The van der Waals surface area contributed by atoms with E-state index in [1.165, 1.54) is 16.7 Å². The Morgan fingerprint density at radius 3 is 2.66 bits per heavy atom. The maximum absolute atomic E-state index is 10.6. The molecule has 2 N–H and O–H groups in total. The largest absolute Gasteiger partial charge is 0.393 e. The van der Waals surface area contributed by atoms with E-state index in [4.69, 9.17) is 0 Å². The Morgan fingerprint density at radius 1 is 1.03 bits per heavy atom. The van der Waals surface area contributed by atoms with Crippen LogP contribution in [0.2, 0.25) is 0 Å². The normalized spacial score (nSPS) is 27.3. The average Bonchev–Trinajstić information content (AvgIpc) is 3.15. The lowest BCUT2D eigenvalue weighted by molar-refractivity contribution is 0.156. The van der Waals surface area contributed by atoms with Gasteiger partial charge in [0.2, 0.25) is 0 Å². The van der Waals surface area contributed by atoms with Crippen molar-refractivity contribution in [3.8, 4) is 0 Å². The number of rotatable bonds is 4. The van der Waals surface area contributed by atoms with E-state index in [2.05, 4.69) is 70.7 Å². The van der Waals surface area contributed by atoms with Crippen LogP contribution in [0.25, 0.3) is 0 Å². The third kappa shape index (κ3) is 3.79. The zero-order valence-corrected chi connectivity index (χ0v) is 21.1. The van der Waals surface area contributed by atoms with E-state index in [1.807, 2.05) is 20.0 Å². The van der Waals surface area contributed by atoms with Crippen molar-refractivity contribution < 1.29 is 5.11 Å². The minimum atomic E-state index is -0.193. The van der Waals surface area contributed by atoms with E-state index >= 15 is 0 Å². The van der Waals surface area contributed by atoms with Gasteiger partial charge < -0.3 is 10.4 Å². The Morgan fingerprint density at radius 2 is 1.86 bits per heavy atom. The summed E-state index contributed by atoms with van der Waals surface area (Å²) in [4.78, 5) is 9.13. The van der Waals surface area contributed by atoms with Gasteiger partial charge in [-0.25, -0.2) is 4.98 Å². The molecule has 0 unspecified atom stereocenters. The Labute approximate surface area is 208 Å². The van der Waals surface area contributed by atoms with Crippen molar-refractivity contribution in [2.75, 3.05) is 5.32 Å². The fraction of sp³-hybridized carbons (Fsp3) is 0.419. The summed E-state index contributed by atoms with van der Waals surface area (Å²) in [6, 6.07) is 17.9. The molecule has 1 aromatic heterocycles. The Kier molecular flexibility index (Phi) is 5.33. The topological polar surface area (TPSA) is 58.0 Å². The molecule has 3 aliphatic rings. The summed E-state index contributed by atoms with van der Waals surface area (Å²) in [6.07, 6.45) is 8.84. The number of allylic oxidation sites excluding steroid dienone is 1. The number of hydrogen-bond donors (Lipinski definition) is 2. The summed E-state index contributed by atoms with van der Waals surface area (Å²) in [5, 5.41) is 14.2. The molecule has 0 bridgehead atoms. The van der Waals surface area contributed by atoms with Gasteiger partial charge in [0.25, 0.3) is 0 Å². The van der Waals surface area contributed by atoms with Gasteiger partial charge in [-0.05, 0) is 93.0 Å². The number of aryl methyl sites for hydroxylation is 3. The molecule has 180 valence electrons. The number of benzene rings is 2. The van der Waals surface area contributed by atoms with E-state index in [9.17, 15) is 5.11 Å². The number of hydrogen-bond acceptors (Lipinski definition) is 4. The highest BCUT2D eigenvalue weighted by molar-refractivity contribution is 5.63. The van der Waals surface area contributed by atoms with Crippen LogP contribution in [0.1, 0.15) is 67.1 Å². The van der Waals surface area contributed by atoms with Crippen molar-refractivity contribution in [3.63, 3.8) is 0 Å². The van der Waals surface area contributed by atoms with Crippen LogP contribution in [0.15, 0.2) is 65.9 Å². The van der Waals surface area contributed by atoms with Crippen LogP contribution in [0.4, 0.5) is 11.5 Å². The second kappa shape index (κ2) is 8.30. The summed E-state index contributed by atoms with van der Waals surface area (Å²) >= 11 is 0. The molecule has 0 spiro atoms. The molecular formula is C31H35N3O. The molecule has 0 amide bonds. The molecule has 4 nitrogen and oxygen atoms in total. The van der Waals surface area contributed by atoms with E-state index in [1.54, 1.807) is 11.1 Å². The molecule has 2 aromatic carbocycles. The highest BCUT2D eigenvalue weighted by Gasteiger charge is 2.52. The fourth-order valence-electron chi connectivity index (χ4n) is 7.25. The van der Waals surface area contributed by atoms with Crippen molar-refractivity contribution >= 4 is 11.5 Å². The van der Waals surface area contributed by atoms with E-state index in [0.29, 0.717) is 0 Å². The Bertz CT molecular complexity index is 1310. The van der Waals surface area contributed by atoms with E-state index in [-0.39, 0.29) is 16.9 Å². The van der Waals surface area contributed by atoms with Gasteiger partial charge in [-0.15, -0.1) is 0 Å². The standard InChI is InChI=1S/C31H35N3O/c1-20-19-32-29(21(2)33-20)34-24-10-12-26-23(15-24)9-11-27-28-16-25(35)18-30(28,3)13-14-31(26,27)17-22-7-5-4-6-8-22/h4-8,10,12,15,19,25,35H,9,11,13-14,16-18H2,1-3H3,(H,32,34)/t25-,30+,31-/m1/s1. The van der Waals surface area contributed by atoms with Gasteiger partial charge in [0.05, 0.1) is 23.7 Å². The molecule has 0 saturated heterocycles. The SMILES string of the molecule is Cc1cnc(Nc2ccc3c(c2)CCC2=C4C[C@@H](O)C[C@]4(C)CC[C@]23Cc2ccccc2)c(C)n1. The lowest BCUT2D eigenvalue weighted by atomic mass is 9.54. The predicted molar refractivity (Wildman–Crippen MR) is 141 cm³/mol. The average molecular weight is 466 g/mol. The Balaban J connectivity index is 1.44. The molecule has 3 aliphatic carbocycles. The minimum absolute atomic E-state index is 0.0198. The van der Waals surface area contributed by atoms with Crippen LogP contribution in [-0.2, 0) is 18.3 Å². The van der Waals surface area contributed by atoms with Crippen LogP contribution in [0.5, 0.6) is 0 Å². The highest BCUT2D eigenvalue weighted by atomic mass is 16.3. The first-order valence-corrected chi connectivity index (χ1v) is 13.0.